The van der Waals surface area contributed by atoms with E-state index in [1.165, 1.54) is 0 Å². The van der Waals surface area contributed by atoms with Gasteiger partial charge in [-0.15, -0.1) is 0 Å². The summed E-state index contributed by atoms with van der Waals surface area (Å²) in [4.78, 5) is 19.5. The van der Waals surface area contributed by atoms with Crippen molar-refractivity contribution >= 4 is 6.41 Å². The molecule has 2 heterocycles. The Hall–Kier alpha value is -1.86. The molecule has 0 spiro atoms. The summed E-state index contributed by atoms with van der Waals surface area (Å²) in [6, 6.07) is -0.0124. The highest BCUT2D eigenvalue weighted by molar-refractivity contribution is 5.49. The van der Waals surface area contributed by atoms with E-state index in [1.807, 2.05) is 0 Å². The van der Waals surface area contributed by atoms with Crippen LogP contribution < -0.4 is 4.74 Å². The van der Waals surface area contributed by atoms with Crippen LogP contribution in [-0.4, -0.2) is 40.0 Å². The number of nitrogens with zero attached hydrogens (tertiary/aromatic N) is 3. The van der Waals surface area contributed by atoms with Gasteiger partial charge in [0.25, 0.3) is 0 Å². The molecule has 8 heteroatoms. The van der Waals surface area contributed by atoms with Crippen LogP contribution in [0.4, 0.5) is 13.2 Å². The predicted molar refractivity (Wildman–Crippen MR) is 60.7 cm³/mol. The van der Waals surface area contributed by atoms with Gasteiger partial charge in [0.15, 0.2) is 5.69 Å². The molecule has 2 aliphatic rings. The summed E-state index contributed by atoms with van der Waals surface area (Å²) >= 11 is 0. The molecule has 0 aromatic carbocycles. The second-order valence-electron chi connectivity index (χ2n) is 5.10. The number of aromatic nitrogens is 2. The van der Waals surface area contributed by atoms with Gasteiger partial charge in [-0.25, -0.2) is 9.97 Å². The summed E-state index contributed by atoms with van der Waals surface area (Å²) in [7, 11) is 0. The molecule has 2 fully saturated rings. The summed E-state index contributed by atoms with van der Waals surface area (Å²) < 4.78 is 42.6. The van der Waals surface area contributed by atoms with Crippen molar-refractivity contribution in [2.24, 2.45) is 5.92 Å². The van der Waals surface area contributed by atoms with E-state index in [0.29, 0.717) is 12.1 Å². The maximum absolute atomic E-state index is 12.4. The lowest BCUT2D eigenvalue weighted by Crippen LogP contribution is -2.43. The predicted octanol–water partition coefficient (Wildman–Crippen LogP) is 1.49. The Balaban J connectivity index is 1.68. The molecular formula is C12H12F3N3O2. The summed E-state index contributed by atoms with van der Waals surface area (Å²) in [5.41, 5.74) is -1.05. The minimum absolute atomic E-state index is 0.0124. The number of rotatable bonds is 3. The SMILES string of the molecule is O=CN1C[C@H]2C[C@@H](Oc3cnc(C(F)(F)F)cn3)[C@@H]1C2. The number of hydrogen-bond acceptors (Lipinski definition) is 4. The minimum atomic E-state index is -4.51. The third kappa shape index (κ3) is 2.30. The first-order valence-corrected chi connectivity index (χ1v) is 6.24. The molecule has 3 atom stereocenters. The number of likely N-dealkylation sites (tertiary alicyclic amines) is 1. The highest BCUT2D eigenvalue weighted by Gasteiger charge is 2.46. The number of carbonyl (C=O) groups excluding carboxylic acids is 1. The van der Waals surface area contributed by atoms with Crippen LogP contribution in [0.2, 0.25) is 0 Å². The Labute approximate surface area is 112 Å². The number of halogens is 3. The quantitative estimate of drug-likeness (QED) is 0.790. The molecule has 1 aromatic heterocycles. The van der Waals surface area contributed by atoms with Crippen molar-refractivity contribution < 1.29 is 22.7 Å². The molecule has 0 N–H and O–H groups in total. The van der Waals surface area contributed by atoms with Crippen molar-refractivity contribution in [1.82, 2.24) is 14.9 Å². The van der Waals surface area contributed by atoms with Gasteiger partial charge in [0, 0.05) is 6.54 Å². The Morgan fingerprint density at radius 2 is 2.10 bits per heavy atom. The smallest absolute Gasteiger partial charge is 0.434 e. The van der Waals surface area contributed by atoms with Gasteiger partial charge in [0.05, 0.1) is 18.4 Å². The van der Waals surface area contributed by atoms with E-state index in [1.54, 1.807) is 4.90 Å². The topological polar surface area (TPSA) is 55.3 Å². The molecule has 1 aromatic rings. The van der Waals surface area contributed by atoms with E-state index < -0.39 is 11.9 Å². The minimum Gasteiger partial charge on any atom is -0.471 e. The Morgan fingerprint density at radius 1 is 1.30 bits per heavy atom. The fraction of sp³-hybridized carbons (Fsp3) is 0.583. The van der Waals surface area contributed by atoms with Gasteiger partial charge in [-0.05, 0) is 18.8 Å². The Bertz CT molecular complexity index is 506. The third-order valence-electron chi connectivity index (χ3n) is 3.79. The van der Waals surface area contributed by atoms with E-state index in [2.05, 4.69) is 9.97 Å². The van der Waals surface area contributed by atoms with E-state index in [0.717, 1.165) is 32.0 Å². The molecule has 1 saturated heterocycles. The number of hydrogen-bond donors (Lipinski definition) is 0. The normalized spacial score (nSPS) is 28.8. The number of fused-ring (bicyclic) bond motifs is 2. The molecule has 108 valence electrons. The van der Waals surface area contributed by atoms with E-state index in [4.69, 9.17) is 4.74 Å². The first kappa shape index (κ1) is 13.1. The number of amides is 1. The largest absolute Gasteiger partial charge is 0.471 e. The van der Waals surface area contributed by atoms with Crippen LogP contribution in [0.1, 0.15) is 18.5 Å². The van der Waals surface area contributed by atoms with Crippen LogP contribution in [0.3, 0.4) is 0 Å². The van der Waals surface area contributed by atoms with E-state index in [9.17, 15) is 18.0 Å². The molecule has 0 unspecified atom stereocenters. The molecule has 20 heavy (non-hydrogen) atoms. The zero-order chi connectivity index (χ0) is 14.3. The van der Waals surface area contributed by atoms with Gasteiger partial charge in [-0.1, -0.05) is 0 Å². The number of ether oxygens (including phenoxy) is 1. The molecule has 0 radical (unpaired) electrons. The van der Waals surface area contributed by atoms with E-state index in [-0.39, 0.29) is 18.0 Å². The maximum atomic E-state index is 12.4. The van der Waals surface area contributed by atoms with E-state index >= 15 is 0 Å². The summed E-state index contributed by atoms with van der Waals surface area (Å²) in [5.74, 6) is 0.457. The first-order valence-electron chi connectivity index (χ1n) is 6.24. The van der Waals surface area contributed by atoms with Gasteiger partial charge < -0.3 is 9.64 Å². The van der Waals surface area contributed by atoms with Crippen LogP contribution >= 0.6 is 0 Å². The number of carbonyl (C=O) groups is 1. The summed E-state index contributed by atoms with van der Waals surface area (Å²) in [6.07, 6.45) is -0.648. The molecule has 1 amide bonds. The first-order chi connectivity index (χ1) is 9.47. The van der Waals surface area contributed by atoms with Crippen LogP contribution in [0, 0.1) is 5.92 Å². The third-order valence-corrected chi connectivity index (χ3v) is 3.79. The van der Waals surface area contributed by atoms with Gasteiger partial charge in [-0.2, -0.15) is 13.2 Å². The second kappa shape index (κ2) is 4.60. The lowest BCUT2D eigenvalue weighted by Gasteiger charge is -2.30. The highest BCUT2D eigenvalue weighted by Crippen LogP contribution is 2.38. The maximum Gasteiger partial charge on any atom is 0.434 e. The van der Waals surface area contributed by atoms with Gasteiger partial charge in [0.2, 0.25) is 12.3 Å². The molecule has 3 rings (SSSR count). The number of alkyl halides is 3. The lowest BCUT2D eigenvalue weighted by atomic mass is 10.1. The monoisotopic (exact) mass is 287 g/mol. The van der Waals surface area contributed by atoms with Gasteiger partial charge in [0.1, 0.15) is 6.10 Å². The van der Waals surface area contributed by atoms with Crippen molar-refractivity contribution in [3.8, 4) is 5.88 Å². The van der Waals surface area contributed by atoms with Crippen LogP contribution in [0.15, 0.2) is 12.4 Å². The van der Waals surface area contributed by atoms with Gasteiger partial charge >= 0.3 is 6.18 Å². The molecule has 2 bridgehead atoms. The Kier molecular flexibility index (Phi) is 3.02. The highest BCUT2D eigenvalue weighted by atomic mass is 19.4. The summed E-state index contributed by atoms with van der Waals surface area (Å²) in [5, 5.41) is 0. The zero-order valence-electron chi connectivity index (χ0n) is 10.4. The van der Waals surface area contributed by atoms with Crippen LogP contribution in [-0.2, 0) is 11.0 Å². The van der Waals surface area contributed by atoms with Crippen LogP contribution in [0.5, 0.6) is 5.88 Å². The van der Waals surface area contributed by atoms with Crippen molar-refractivity contribution in [3.05, 3.63) is 18.1 Å². The average molecular weight is 287 g/mol. The zero-order valence-corrected chi connectivity index (χ0v) is 10.4. The fourth-order valence-corrected chi connectivity index (χ4v) is 2.93. The molecular weight excluding hydrogens is 275 g/mol. The molecule has 1 aliphatic carbocycles. The molecule has 1 aliphatic heterocycles. The van der Waals surface area contributed by atoms with Crippen molar-refractivity contribution in [1.29, 1.82) is 0 Å². The summed E-state index contributed by atoms with van der Waals surface area (Å²) in [6.45, 7) is 0.729. The molecule has 1 saturated carbocycles. The second-order valence-corrected chi connectivity index (χ2v) is 5.10. The van der Waals surface area contributed by atoms with Crippen molar-refractivity contribution in [2.75, 3.05) is 6.54 Å². The number of piperidine rings is 1. The van der Waals surface area contributed by atoms with Gasteiger partial charge in [-0.3, -0.25) is 4.79 Å². The van der Waals surface area contributed by atoms with Crippen LogP contribution in [0.25, 0.3) is 0 Å². The van der Waals surface area contributed by atoms with Crippen molar-refractivity contribution in [2.45, 2.75) is 31.2 Å². The molecule has 5 nitrogen and oxygen atoms in total. The fourth-order valence-electron chi connectivity index (χ4n) is 2.93. The average Bonchev–Trinajstić information content (AvgIpc) is 2.97. The standard InChI is InChI=1S/C12H12F3N3O2/c13-12(14,15)10-3-17-11(4-16-10)20-9-2-7-1-8(9)18(5-7)6-19/h3-4,6-9H,1-2,5H2/t7-,8+,9-/m1/s1. The Morgan fingerprint density at radius 3 is 2.65 bits per heavy atom. The van der Waals surface area contributed by atoms with Crippen molar-refractivity contribution in [3.63, 3.8) is 0 Å². The lowest BCUT2D eigenvalue weighted by molar-refractivity contribution is -0.141.